The molecule has 0 aliphatic carbocycles. The molecule has 0 radical (unpaired) electrons. The molecule has 1 heterocycles. The fourth-order valence-corrected chi connectivity index (χ4v) is 1.85. The summed E-state index contributed by atoms with van der Waals surface area (Å²) >= 11 is 2.09. The minimum absolute atomic E-state index is 0.0390. The average Bonchev–Trinajstić information content (AvgIpc) is 2.29. The average molecular weight is 326 g/mol. The predicted molar refractivity (Wildman–Crippen MR) is 71.4 cm³/mol. The largest absolute Gasteiger partial charge is 0.268 e. The summed E-state index contributed by atoms with van der Waals surface area (Å²) in [7, 11) is 0. The number of hydrogen-bond donors (Lipinski definition) is 0. The number of benzene rings is 1. The lowest BCUT2D eigenvalue weighted by Crippen LogP contribution is -2.23. The van der Waals surface area contributed by atoms with Crippen LogP contribution in [0.4, 0.5) is 0 Å². The van der Waals surface area contributed by atoms with Gasteiger partial charge in [0.1, 0.15) is 0 Å². The highest BCUT2D eigenvalue weighted by Crippen LogP contribution is 2.01. The van der Waals surface area contributed by atoms with E-state index in [-0.39, 0.29) is 5.56 Å². The van der Waals surface area contributed by atoms with Crippen LogP contribution in [0.2, 0.25) is 0 Å². The van der Waals surface area contributed by atoms with Crippen LogP contribution >= 0.6 is 22.6 Å². The normalized spacial score (nSPS) is 10.3. The van der Waals surface area contributed by atoms with Crippen molar-refractivity contribution in [3.63, 3.8) is 0 Å². The molecule has 0 amide bonds. The first-order valence-electron chi connectivity index (χ1n) is 5.02. The third-order valence-electron chi connectivity index (χ3n) is 2.29. The van der Waals surface area contributed by atoms with E-state index in [2.05, 4.69) is 39.8 Å². The van der Waals surface area contributed by atoms with Gasteiger partial charge < -0.3 is 0 Å². The van der Waals surface area contributed by atoms with Gasteiger partial charge in [-0.2, -0.15) is 5.10 Å². The molecule has 0 unspecified atom stereocenters. The zero-order valence-corrected chi connectivity index (χ0v) is 10.8. The van der Waals surface area contributed by atoms with Crippen LogP contribution < -0.4 is 5.56 Å². The maximum absolute atomic E-state index is 11.6. The van der Waals surface area contributed by atoms with E-state index in [9.17, 15) is 4.79 Å². The second-order valence-electron chi connectivity index (χ2n) is 3.47. The van der Waals surface area contributed by atoms with Crippen molar-refractivity contribution in [2.45, 2.75) is 13.0 Å². The molecule has 82 valence electrons. The number of aryl methyl sites for hydroxylation is 2. The van der Waals surface area contributed by atoms with Gasteiger partial charge in [0.05, 0.1) is 6.20 Å². The summed E-state index contributed by atoms with van der Waals surface area (Å²) in [6.07, 6.45) is 2.53. The second kappa shape index (κ2) is 5.25. The molecule has 0 aliphatic heterocycles. The zero-order chi connectivity index (χ0) is 11.4. The number of rotatable bonds is 3. The monoisotopic (exact) mass is 326 g/mol. The van der Waals surface area contributed by atoms with E-state index in [0.717, 1.165) is 9.99 Å². The first kappa shape index (κ1) is 11.3. The molecule has 3 nitrogen and oxygen atoms in total. The molecule has 16 heavy (non-hydrogen) atoms. The quantitative estimate of drug-likeness (QED) is 0.810. The highest BCUT2D eigenvalue weighted by molar-refractivity contribution is 14.1. The first-order chi connectivity index (χ1) is 7.75. The Morgan fingerprint density at radius 2 is 2.00 bits per heavy atom. The third-order valence-corrected chi connectivity index (χ3v) is 2.88. The van der Waals surface area contributed by atoms with Crippen LogP contribution in [0.15, 0.2) is 47.4 Å². The van der Waals surface area contributed by atoms with E-state index in [1.165, 1.54) is 10.2 Å². The van der Waals surface area contributed by atoms with Crippen molar-refractivity contribution >= 4 is 22.6 Å². The molecule has 4 heteroatoms. The van der Waals surface area contributed by atoms with E-state index in [4.69, 9.17) is 0 Å². The molecule has 2 aromatic rings. The first-order valence-corrected chi connectivity index (χ1v) is 6.10. The summed E-state index contributed by atoms with van der Waals surface area (Å²) in [5.74, 6) is 0. The Kier molecular flexibility index (Phi) is 3.71. The second-order valence-corrected chi connectivity index (χ2v) is 4.72. The molecule has 0 atom stereocenters. The number of hydrogen-bond acceptors (Lipinski definition) is 2. The summed E-state index contributed by atoms with van der Waals surface area (Å²) in [5, 5.41) is 4.09. The Bertz CT molecular complexity index is 522. The number of nitrogens with zero attached hydrogens (tertiary/aromatic N) is 2. The van der Waals surface area contributed by atoms with Crippen molar-refractivity contribution in [3.05, 3.63) is 62.1 Å². The van der Waals surface area contributed by atoms with Gasteiger partial charge in [0.15, 0.2) is 0 Å². The third kappa shape index (κ3) is 2.91. The van der Waals surface area contributed by atoms with Gasteiger partial charge in [0.2, 0.25) is 0 Å². The van der Waals surface area contributed by atoms with Gasteiger partial charge in [-0.05, 0) is 34.6 Å². The van der Waals surface area contributed by atoms with Crippen molar-refractivity contribution in [2.24, 2.45) is 0 Å². The lowest BCUT2D eigenvalue weighted by molar-refractivity contribution is 0.576. The van der Waals surface area contributed by atoms with Crippen LogP contribution in [0.25, 0.3) is 0 Å². The minimum atomic E-state index is -0.0390. The SMILES string of the molecule is O=c1cc(I)cnn1CCc1ccccc1. The molecular weight excluding hydrogens is 315 g/mol. The van der Waals surface area contributed by atoms with Crippen LogP contribution in [0, 0.1) is 3.57 Å². The maximum atomic E-state index is 11.6. The van der Waals surface area contributed by atoms with Crippen molar-refractivity contribution in [1.29, 1.82) is 0 Å². The molecular formula is C12H11IN2O. The lowest BCUT2D eigenvalue weighted by Gasteiger charge is -2.03. The molecule has 1 aromatic carbocycles. The van der Waals surface area contributed by atoms with E-state index >= 15 is 0 Å². The standard InChI is InChI=1S/C12H11IN2O/c13-11-8-12(16)15(14-9-11)7-6-10-4-2-1-3-5-10/h1-5,8-9H,6-7H2. The summed E-state index contributed by atoms with van der Waals surface area (Å²) < 4.78 is 2.37. The van der Waals surface area contributed by atoms with Crippen LogP contribution in [0.5, 0.6) is 0 Å². The van der Waals surface area contributed by atoms with Crippen LogP contribution in [-0.4, -0.2) is 9.78 Å². The predicted octanol–water partition coefficient (Wildman–Crippen LogP) is 2.09. The highest BCUT2D eigenvalue weighted by atomic mass is 127. The van der Waals surface area contributed by atoms with Crippen LogP contribution in [-0.2, 0) is 13.0 Å². The topological polar surface area (TPSA) is 34.9 Å². The molecule has 0 aliphatic rings. The summed E-state index contributed by atoms with van der Waals surface area (Å²) in [5.41, 5.74) is 1.18. The Hall–Kier alpha value is -1.17. The number of halogens is 1. The van der Waals surface area contributed by atoms with Crippen LogP contribution in [0.3, 0.4) is 0 Å². The lowest BCUT2D eigenvalue weighted by atomic mass is 10.1. The van der Waals surface area contributed by atoms with Gasteiger partial charge in [0.25, 0.3) is 5.56 Å². The van der Waals surface area contributed by atoms with E-state index in [1.54, 1.807) is 12.3 Å². The molecule has 1 aromatic heterocycles. The van der Waals surface area contributed by atoms with Gasteiger partial charge in [-0.1, -0.05) is 30.3 Å². The Labute approximate surface area is 107 Å². The molecule has 0 N–H and O–H groups in total. The van der Waals surface area contributed by atoms with Crippen molar-refractivity contribution in [1.82, 2.24) is 9.78 Å². The Balaban J connectivity index is 2.08. The fraction of sp³-hybridized carbons (Fsp3) is 0.167. The summed E-state index contributed by atoms with van der Waals surface area (Å²) in [4.78, 5) is 11.6. The minimum Gasteiger partial charge on any atom is -0.268 e. The molecule has 0 saturated carbocycles. The summed E-state index contributed by atoms with van der Waals surface area (Å²) in [6.45, 7) is 0.625. The van der Waals surface area contributed by atoms with Crippen molar-refractivity contribution in [2.75, 3.05) is 0 Å². The van der Waals surface area contributed by atoms with E-state index in [1.807, 2.05) is 18.2 Å². The summed E-state index contributed by atoms with van der Waals surface area (Å²) in [6, 6.07) is 11.7. The van der Waals surface area contributed by atoms with Gasteiger partial charge in [-0.3, -0.25) is 4.79 Å². The van der Waals surface area contributed by atoms with Gasteiger partial charge in [-0.15, -0.1) is 0 Å². The molecule has 0 spiro atoms. The van der Waals surface area contributed by atoms with Gasteiger partial charge >= 0.3 is 0 Å². The number of aromatic nitrogens is 2. The van der Waals surface area contributed by atoms with Gasteiger partial charge in [0, 0.05) is 16.2 Å². The van der Waals surface area contributed by atoms with Crippen LogP contribution in [0.1, 0.15) is 5.56 Å². The molecule has 0 fully saturated rings. The van der Waals surface area contributed by atoms with Gasteiger partial charge in [-0.25, -0.2) is 4.68 Å². The van der Waals surface area contributed by atoms with E-state index in [0.29, 0.717) is 6.54 Å². The highest BCUT2D eigenvalue weighted by Gasteiger charge is 1.98. The molecule has 0 saturated heterocycles. The Morgan fingerprint density at radius 3 is 2.69 bits per heavy atom. The van der Waals surface area contributed by atoms with Crippen molar-refractivity contribution < 1.29 is 0 Å². The molecule has 2 rings (SSSR count). The van der Waals surface area contributed by atoms with Crippen molar-refractivity contribution in [3.8, 4) is 0 Å². The van der Waals surface area contributed by atoms with E-state index < -0.39 is 0 Å². The maximum Gasteiger partial charge on any atom is 0.267 e. The Morgan fingerprint density at radius 1 is 1.25 bits per heavy atom. The zero-order valence-electron chi connectivity index (χ0n) is 8.64. The smallest absolute Gasteiger partial charge is 0.267 e. The fourth-order valence-electron chi connectivity index (χ4n) is 1.46. The molecule has 0 bridgehead atoms.